The number of thioether (sulfide) groups is 1. The molecule has 0 bridgehead atoms. The van der Waals surface area contributed by atoms with Crippen LogP contribution < -0.4 is 5.32 Å². The quantitative estimate of drug-likeness (QED) is 0.586. The maximum atomic E-state index is 10.3. The van der Waals surface area contributed by atoms with Crippen molar-refractivity contribution in [2.75, 3.05) is 12.8 Å². The lowest BCUT2D eigenvalue weighted by Crippen LogP contribution is -2.25. The molecule has 0 unspecified atom stereocenters. The molecule has 0 atom stereocenters. The first-order valence-electron chi connectivity index (χ1n) is 2.20. The highest BCUT2D eigenvalue weighted by atomic mass is 32.2. The number of hydrogen-bond donors (Lipinski definition) is 2. The predicted molar refractivity (Wildman–Crippen MR) is 34.5 cm³/mol. The van der Waals surface area contributed by atoms with Crippen molar-refractivity contribution < 1.29 is 14.7 Å². The van der Waals surface area contributed by atoms with E-state index in [1.165, 1.54) is 0 Å². The predicted octanol–water partition coefficient (Wildman–Crippen LogP) is 0.144. The molecule has 0 aromatic carbocycles. The summed E-state index contributed by atoms with van der Waals surface area (Å²) in [6.45, 7) is -0.306. The standard InChI is InChI=1S/C4H7NO3S/c1-9-4(8)5-2-3(6)7/h2H2,1H3,(H,5,8)(H,6,7). The van der Waals surface area contributed by atoms with E-state index in [1.807, 2.05) is 0 Å². The van der Waals surface area contributed by atoms with Crippen LogP contribution in [0.15, 0.2) is 0 Å². The van der Waals surface area contributed by atoms with Crippen molar-refractivity contribution in [1.82, 2.24) is 5.32 Å². The van der Waals surface area contributed by atoms with E-state index < -0.39 is 5.97 Å². The Hall–Kier alpha value is -0.710. The molecular formula is C4H7NO3S. The largest absolute Gasteiger partial charge is 0.480 e. The van der Waals surface area contributed by atoms with E-state index in [-0.39, 0.29) is 11.8 Å². The van der Waals surface area contributed by atoms with Crippen LogP contribution in [-0.4, -0.2) is 29.1 Å². The maximum absolute atomic E-state index is 10.3. The molecular weight excluding hydrogens is 142 g/mol. The SMILES string of the molecule is CSC(=O)NCC(=O)O. The molecule has 0 saturated heterocycles. The normalized spacial score (nSPS) is 8.56. The topological polar surface area (TPSA) is 66.4 Å². The van der Waals surface area contributed by atoms with Gasteiger partial charge in [-0.15, -0.1) is 0 Å². The van der Waals surface area contributed by atoms with Gasteiger partial charge >= 0.3 is 5.97 Å². The van der Waals surface area contributed by atoms with Gasteiger partial charge in [0.1, 0.15) is 6.54 Å². The molecule has 0 aliphatic carbocycles. The van der Waals surface area contributed by atoms with Crippen molar-refractivity contribution in [2.45, 2.75) is 0 Å². The molecule has 2 N–H and O–H groups in total. The minimum Gasteiger partial charge on any atom is -0.480 e. The molecule has 0 aromatic rings. The van der Waals surface area contributed by atoms with Crippen molar-refractivity contribution in [1.29, 1.82) is 0 Å². The summed E-state index contributed by atoms with van der Waals surface area (Å²) in [5.74, 6) is -1.03. The number of carbonyl (C=O) groups excluding carboxylic acids is 1. The van der Waals surface area contributed by atoms with Crippen LogP contribution in [0.3, 0.4) is 0 Å². The molecule has 0 spiro atoms. The summed E-state index contributed by atoms with van der Waals surface area (Å²) < 4.78 is 0. The Labute approximate surface area is 56.6 Å². The first-order chi connectivity index (χ1) is 4.16. The van der Waals surface area contributed by atoms with Crippen molar-refractivity contribution in [3.05, 3.63) is 0 Å². The molecule has 0 fully saturated rings. The number of carboxylic acid groups (broad SMARTS) is 1. The Bertz CT molecular complexity index is 125. The number of carbonyl (C=O) groups is 2. The summed E-state index contributed by atoms with van der Waals surface area (Å²) in [5, 5.41) is 9.87. The maximum Gasteiger partial charge on any atom is 0.323 e. The average molecular weight is 149 g/mol. The van der Waals surface area contributed by atoms with Crippen molar-refractivity contribution in [3.8, 4) is 0 Å². The highest BCUT2D eigenvalue weighted by Gasteiger charge is 1.99. The third kappa shape index (κ3) is 5.16. The van der Waals surface area contributed by atoms with Crippen LogP contribution >= 0.6 is 11.8 Å². The van der Waals surface area contributed by atoms with Gasteiger partial charge in [-0.25, -0.2) is 0 Å². The van der Waals surface area contributed by atoms with Crippen LogP contribution in [0.25, 0.3) is 0 Å². The third-order valence-electron chi connectivity index (χ3n) is 0.569. The van der Waals surface area contributed by atoms with Gasteiger partial charge < -0.3 is 10.4 Å². The molecule has 1 amide bonds. The zero-order valence-corrected chi connectivity index (χ0v) is 5.70. The monoisotopic (exact) mass is 149 g/mol. The van der Waals surface area contributed by atoms with Gasteiger partial charge in [-0.05, 0) is 6.26 Å². The summed E-state index contributed by atoms with van der Waals surface area (Å²) in [7, 11) is 0. The average Bonchev–Trinajstić information content (AvgIpc) is 1.83. The van der Waals surface area contributed by atoms with Crippen LogP contribution in [0, 0.1) is 0 Å². The number of aliphatic carboxylic acids is 1. The molecule has 0 aliphatic heterocycles. The molecule has 0 rings (SSSR count). The highest BCUT2D eigenvalue weighted by Crippen LogP contribution is 1.90. The third-order valence-corrected chi connectivity index (χ3v) is 1.08. The fraction of sp³-hybridized carbons (Fsp3) is 0.500. The minimum atomic E-state index is -1.03. The minimum absolute atomic E-state index is 0.306. The van der Waals surface area contributed by atoms with Crippen molar-refractivity contribution in [3.63, 3.8) is 0 Å². The van der Waals surface area contributed by atoms with Gasteiger partial charge in [-0.1, -0.05) is 11.8 Å². The fourth-order valence-corrected chi connectivity index (χ4v) is 0.436. The lowest BCUT2D eigenvalue weighted by molar-refractivity contribution is -0.135. The molecule has 0 radical (unpaired) electrons. The molecule has 9 heavy (non-hydrogen) atoms. The Morgan fingerprint density at radius 3 is 2.56 bits per heavy atom. The Morgan fingerprint density at radius 2 is 2.22 bits per heavy atom. The molecule has 5 heteroatoms. The van der Waals surface area contributed by atoms with E-state index in [0.29, 0.717) is 0 Å². The van der Waals surface area contributed by atoms with Crippen LogP contribution in [0.4, 0.5) is 4.79 Å². The summed E-state index contributed by atoms with van der Waals surface area (Å²) >= 11 is 0.953. The van der Waals surface area contributed by atoms with E-state index in [9.17, 15) is 9.59 Å². The van der Waals surface area contributed by atoms with Crippen LogP contribution in [-0.2, 0) is 4.79 Å². The van der Waals surface area contributed by atoms with Gasteiger partial charge in [0.05, 0.1) is 0 Å². The van der Waals surface area contributed by atoms with E-state index in [1.54, 1.807) is 6.26 Å². The molecule has 0 aliphatic rings. The molecule has 4 nitrogen and oxygen atoms in total. The lowest BCUT2D eigenvalue weighted by Gasteiger charge is -1.95. The summed E-state index contributed by atoms with van der Waals surface area (Å²) in [4.78, 5) is 20.1. The second kappa shape index (κ2) is 4.20. The van der Waals surface area contributed by atoms with E-state index in [0.717, 1.165) is 11.8 Å². The van der Waals surface area contributed by atoms with E-state index in [2.05, 4.69) is 5.32 Å². The van der Waals surface area contributed by atoms with Gasteiger partial charge in [-0.2, -0.15) is 0 Å². The number of hydrogen-bond acceptors (Lipinski definition) is 3. The second-order valence-corrected chi connectivity index (χ2v) is 2.02. The van der Waals surface area contributed by atoms with Gasteiger partial charge in [0.15, 0.2) is 0 Å². The van der Waals surface area contributed by atoms with E-state index in [4.69, 9.17) is 5.11 Å². The molecule has 52 valence electrons. The van der Waals surface area contributed by atoms with E-state index >= 15 is 0 Å². The van der Waals surface area contributed by atoms with Crippen LogP contribution in [0.5, 0.6) is 0 Å². The molecule has 0 aromatic heterocycles. The Kier molecular flexibility index (Phi) is 3.87. The van der Waals surface area contributed by atoms with Gasteiger partial charge in [0.25, 0.3) is 5.24 Å². The molecule has 0 heterocycles. The van der Waals surface area contributed by atoms with Crippen molar-refractivity contribution in [2.24, 2.45) is 0 Å². The smallest absolute Gasteiger partial charge is 0.323 e. The fourth-order valence-electron chi connectivity index (χ4n) is 0.220. The first-order valence-corrected chi connectivity index (χ1v) is 3.43. The zero-order valence-electron chi connectivity index (χ0n) is 4.88. The van der Waals surface area contributed by atoms with Crippen LogP contribution in [0.2, 0.25) is 0 Å². The highest BCUT2D eigenvalue weighted by molar-refractivity contribution is 8.12. The Balaban J connectivity index is 3.28. The van der Waals surface area contributed by atoms with Gasteiger partial charge in [0, 0.05) is 0 Å². The first kappa shape index (κ1) is 8.29. The lowest BCUT2D eigenvalue weighted by atomic mass is 10.7. The number of nitrogens with one attached hydrogen (secondary N) is 1. The second-order valence-electron chi connectivity index (χ2n) is 1.24. The van der Waals surface area contributed by atoms with Crippen LogP contribution in [0.1, 0.15) is 0 Å². The number of amides is 1. The summed E-state index contributed by atoms with van der Waals surface area (Å²) in [6.07, 6.45) is 1.58. The Morgan fingerprint density at radius 1 is 1.67 bits per heavy atom. The zero-order chi connectivity index (χ0) is 7.28. The van der Waals surface area contributed by atoms with Gasteiger partial charge in [0.2, 0.25) is 0 Å². The number of rotatable bonds is 2. The van der Waals surface area contributed by atoms with Crippen molar-refractivity contribution >= 4 is 23.0 Å². The summed E-state index contributed by atoms with van der Waals surface area (Å²) in [6, 6.07) is 0. The number of carboxylic acids is 1. The summed E-state index contributed by atoms with van der Waals surface area (Å²) in [5.41, 5.74) is 0. The molecule has 0 saturated carbocycles. The van der Waals surface area contributed by atoms with Gasteiger partial charge in [-0.3, -0.25) is 9.59 Å².